The van der Waals surface area contributed by atoms with E-state index in [0.717, 1.165) is 5.57 Å². The van der Waals surface area contributed by atoms with Crippen LogP contribution < -0.4 is 0 Å². The number of aliphatic hydroxyl groups is 2. The summed E-state index contributed by atoms with van der Waals surface area (Å²) in [5.41, 5.74) is 11.2. The number of ketones is 3. The number of rotatable bonds is 10. The standard InChI is InChI=1S/C59H83IN4O14/c1-34-16-12-11-13-17-35(2)49(73-8)32-43-22-19-40(7)59(72,78-43)56(69)57(70)64-25-15-14-18-46(64)58(71)77-50(33-47(65)36(3)27-39(6)54(68)55(75-10)53(67)38(5)26-34)37(4)28-41-21-24-48(51(30-41)74-9)76-52(66)31-42-20-23-45(62-63-61)44(60)29-42/h11-13,16-17,20,23,27,29,34,36-38,40-41,43,46,48-51,54-55,68,72H,14-15,18-19,21-22,24-26,28,30-33H2,1-10H3/b13-11+,16-12+,35-17+,39-27+/t34-,36-,37-,38-,40-,41+,43+,46+,48-,49+,50+,51-,54-,55+,59-/m1/s1. The smallest absolute Gasteiger partial charge is 0.329 e. The summed E-state index contributed by atoms with van der Waals surface area (Å²) in [6, 6.07) is 3.94. The second kappa shape index (κ2) is 30.3. The van der Waals surface area contributed by atoms with Crippen LogP contribution in [0.4, 0.5) is 5.69 Å². The molecular formula is C59H83IN4O14. The molecule has 4 aliphatic rings. The molecule has 2 N–H and O–H groups in total. The van der Waals surface area contributed by atoms with Gasteiger partial charge in [-0.25, -0.2) is 4.79 Å². The third-order valence-electron chi connectivity index (χ3n) is 16.2. The van der Waals surface area contributed by atoms with Crippen LogP contribution in [0.25, 0.3) is 10.4 Å². The van der Waals surface area contributed by atoms with Crippen molar-refractivity contribution >= 4 is 63.5 Å². The van der Waals surface area contributed by atoms with Crippen molar-refractivity contribution in [3.63, 3.8) is 0 Å². The lowest BCUT2D eigenvalue weighted by molar-refractivity contribution is -0.265. The number of nitrogens with zero attached hydrogens (tertiary/aromatic N) is 4. The molecule has 0 unspecified atom stereocenters. The lowest BCUT2D eigenvalue weighted by atomic mass is 9.78. The molecule has 3 heterocycles. The molecule has 1 amide bonds. The van der Waals surface area contributed by atoms with Crippen molar-refractivity contribution in [2.75, 3.05) is 27.9 Å². The molecule has 1 aromatic carbocycles. The number of methoxy groups -OCH3 is 3. The SMILES string of the molecule is CO[C@H]1C[C@@H]2CC[C@@H](C)[C@@](O)(O2)C(=O)C(=O)N2CCCC[C@H]2C(=O)O[C@H]([C@H](C)C[C@@H]2CC[C@@H](OC(=O)Cc3ccc(N=[N+]=[N-])c(I)c3)[C@H](OC)C2)CC(=O)[C@H](C)/C=C(\C)[C@@H](O)[C@@H](OC)C(=O)[C@H](C)C[C@H](C)/C=C/C=C/C=C/1C. The summed E-state index contributed by atoms with van der Waals surface area (Å²) >= 11 is 2.05. The molecule has 0 spiro atoms. The third kappa shape index (κ3) is 17.2. The first-order valence-electron chi connectivity index (χ1n) is 27.6. The molecule has 3 fully saturated rings. The van der Waals surface area contributed by atoms with E-state index in [0.29, 0.717) is 84.6 Å². The van der Waals surface area contributed by atoms with Crippen LogP contribution in [-0.2, 0) is 63.6 Å². The molecule has 2 bridgehead atoms. The molecule has 0 radical (unpaired) electrons. The van der Waals surface area contributed by atoms with Crippen molar-refractivity contribution < 1.29 is 67.4 Å². The number of aliphatic hydroxyl groups excluding tert-OH is 1. The Bertz CT molecular complexity index is 2450. The number of cyclic esters (lactones) is 1. The minimum atomic E-state index is -2.47. The monoisotopic (exact) mass is 1200 g/mol. The number of carbonyl (C=O) groups excluding carboxylic acids is 6. The fourth-order valence-electron chi connectivity index (χ4n) is 11.4. The van der Waals surface area contributed by atoms with Gasteiger partial charge in [0, 0.05) is 67.0 Å². The number of esters is 2. The van der Waals surface area contributed by atoms with Crippen LogP contribution in [0.5, 0.6) is 0 Å². The number of Topliss-reactive ketones (excluding diaryl/α,β-unsaturated/α-hetero) is 3. The summed E-state index contributed by atoms with van der Waals surface area (Å²) in [7, 11) is 4.50. The Balaban J connectivity index is 1.42. The predicted molar refractivity (Wildman–Crippen MR) is 301 cm³/mol. The van der Waals surface area contributed by atoms with Crippen LogP contribution in [0.3, 0.4) is 0 Å². The van der Waals surface area contributed by atoms with E-state index in [4.69, 9.17) is 34.0 Å². The number of azide groups is 1. The number of ether oxygens (including phenoxy) is 6. The summed E-state index contributed by atoms with van der Waals surface area (Å²) in [5.74, 6) is -8.92. The van der Waals surface area contributed by atoms with E-state index in [9.17, 15) is 39.0 Å². The normalized spacial score (nSPS) is 35.4. The lowest BCUT2D eigenvalue weighted by Gasteiger charge is -2.42. The van der Waals surface area contributed by atoms with Gasteiger partial charge in [0.15, 0.2) is 5.78 Å². The molecule has 19 heteroatoms. The van der Waals surface area contributed by atoms with Gasteiger partial charge in [-0.2, -0.15) is 0 Å². The van der Waals surface area contributed by atoms with Crippen molar-refractivity contribution in [1.29, 1.82) is 0 Å². The maximum absolute atomic E-state index is 14.6. The average Bonchev–Trinajstić information content (AvgIpc) is 3.42. The van der Waals surface area contributed by atoms with Crippen LogP contribution in [0.2, 0.25) is 0 Å². The van der Waals surface area contributed by atoms with Crippen LogP contribution in [0.1, 0.15) is 131 Å². The van der Waals surface area contributed by atoms with Crippen LogP contribution >= 0.6 is 22.6 Å². The van der Waals surface area contributed by atoms with Crippen molar-refractivity contribution in [2.24, 2.45) is 40.6 Å². The number of allylic oxidation sites excluding steroid dienone is 6. The van der Waals surface area contributed by atoms with E-state index < -0.39 is 102 Å². The molecule has 78 heavy (non-hydrogen) atoms. The fraction of sp³-hybridized carbons (Fsp3) is 0.661. The number of hydrogen-bond acceptors (Lipinski definition) is 15. The Kier molecular flexibility index (Phi) is 24.9. The number of benzene rings is 1. The fourth-order valence-corrected chi connectivity index (χ4v) is 12.1. The van der Waals surface area contributed by atoms with E-state index >= 15 is 0 Å². The Morgan fingerprint density at radius 1 is 0.923 bits per heavy atom. The molecular weight excluding hydrogens is 1120 g/mol. The van der Waals surface area contributed by atoms with Gasteiger partial charge in [-0.15, -0.1) is 0 Å². The highest BCUT2D eigenvalue weighted by Crippen LogP contribution is 2.38. The van der Waals surface area contributed by atoms with Crippen LogP contribution in [0, 0.1) is 39.1 Å². The molecule has 15 atom stereocenters. The quantitative estimate of drug-likeness (QED) is 0.0421. The van der Waals surface area contributed by atoms with E-state index in [1.807, 2.05) is 73.7 Å². The van der Waals surface area contributed by atoms with Gasteiger partial charge in [-0.05, 0) is 147 Å². The first-order chi connectivity index (χ1) is 37.0. The van der Waals surface area contributed by atoms with Gasteiger partial charge in [-0.1, -0.05) is 88.3 Å². The predicted octanol–water partition coefficient (Wildman–Crippen LogP) is 9.52. The largest absolute Gasteiger partial charge is 0.460 e. The van der Waals surface area contributed by atoms with Gasteiger partial charge in [-0.3, -0.25) is 24.0 Å². The lowest BCUT2D eigenvalue weighted by Crippen LogP contribution is -2.61. The first kappa shape index (κ1) is 64.2. The van der Waals surface area contributed by atoms with E-state index in [1.54, 1.807) is 66.2 Å². The number of halogens is 1. The molecule has 1 aromatic rings. The maximum atomic E-state index is 14.6. The van der Waals surface area contributed by atoms with Gasteiger partial charge < -0.3 is 43.5 Å². The molecule has 430 valence electrons. The summed E-state index contributed by atoms with van der Waals surface area (Å²) in [5, 5.41) is 27.3. The zero-order valence-electron chi connectivity index (χ0n) is 47.1. The molecule has 18 nitrogen and oxygen atoms in total. The average molecular weight is 1200 g/mol. The molecule has 2 saturated heterocycles. The van der Waals surface area contributed by atoms with Gasteiger partial charge in [0.2, 0.25) is 5.79 Å². The number of carbonyl (C=O) groups is 6. The van der Waals surface area contributed by atoms with Crippen molar-refractivity contribution in [3.8, 4) is 0 Å². The molecule has 5 rings (SSSR count). The van der Waals surface area contributed by atoms with Crippen LogP contribution in [-0.4, -0.2) is 133 Å². The minimum absolute atomic E-state index is 0.00104. The summed E-state index contributed by atoms with van der Waals surface area (Å²) < 4.78 is 36.6. The Labute approximate surface area is 473 Å². The number of fused-ring (bicyclic) bond motifs is 3. The first-order valence-corrected chi connectivity index (χ1v) is 28.6. The number of hydrogen-bond donors (Lipinski definition) is 2. The zero-order valence-corrected chi connectivity index (χ0v) is 49.3. The molecule has 1 saturated carbocycles. The summed E-state index contributed by atoms with van der Waals surface area (Å²) in [4.78, 5) is 88.8. The molecule has 3 aliphatic heterocycles. The second-order valence-corrected chi connectivity index (χ2v) is 23.4. The minimum Gasteiger partial charge on any atom is -0.460 e. The van der Waals surface area contributed by atoms with Gasteiger partial charge in [0.1, 0.15) is 36.2 Å². The zero-order chi connectivity index (χ0) is 57.4. The maximum Gasteiger partial charge on any atom is 0.329 e. The van der Waals surface area contributed by atoms with Crippen molar-refractivity contribution in [3.05, 3.63) is 85.4 Å². The number of piperidine rings is 1. The Morgan fingerprint density at radius 3 is 2.35 bits per heavy atom. The van der Waals surface area contributed by atoms with Crippen molar-refractivity contribution in [1.82, 2.24) is 4.90 Å². The van der Waals surface area contributed by atoms with E-state index in [2.05, 4.69) is 10.0 Å². The highest BCUT2D eigenvalue weighted by atomic mass is 127. The molecule has 0 aromatic heterocycles. The second-order valence-electron chi connectivity index (χ2n) is 22.2. The third-order valence-corrected chi connectivity index (χ3v) is 17.1. The Hall–Kier alpha value is -4.60. The number of amides is 1. The van der Waals surface area contributed by atoms with Gasteiger partial charge >= 0.3 is 11.9 Å². The topological polar surface area (TPSA) is 250 Å². The van der Waals surface area contributed by atoms with E-state index in [-0.39, 0.29) is 49.2 Å². The summed E-state index contributed by atoms with van der Waals surface area (Å²) in [6.45, 7) is 12.6. The highest BCUT2D eigenvalue weighted by molar-refractivity contribution is 14.1. The van der Waals surface area contributed by atoms with Gasteiger partial charge in [0.05, 0.1) is 30.4 Å². The summed E-state index contributed by atoms with van der Waals surface area (Å²) in [6.07, 6.45) is 10.3. The van der Waals surface area contributed by atoms with E-state index in [1.165, 1.54) is 12.0 Å². The van der Waals surface area contributed by atoms with Crippen LogP contribution in [0.15, 0.2) is 70.9 Å². The Morgan fingerprint density at radius 2 is 1.67 bits per heavy atom. The van der Waals surface area contributed by atoms with Crippen molar-refractivity contribution in [2.45, 2.75) is 186 Å². The van der Waals surface area contributed by atoms with Gasteiger partial charge in [0.25, 0.3) is 11.7 Å². The highest BCUT2D eigenvalue weighted by Gasteiger charge is 2.53. The molecule has 1 aliphatic carbocycles.